The zero-order chi connectivity index (χ0) is 15.0. The van der Waals surface area contributed by atoms with E-state index in [-0.39, 0.29) is 23.8 Å². The maximum absolute atomic E-state index is 12.7. The van der Waals surface area contributed by atoms with E-state index in [1.54, 1.807) is 28.8 Å². The molecule has 0 unspecified atom stereocenters. The number of Topliss-reactive ketones (excluding diaryl/α,β-unsaturated/α-hetero) is 1. The molecule has 0 N–H and O–H groups in total. The Bertz CT molecular complexity index is 795. The normalized spacial score (nSPS) is 15.1. The lowest BCUT2D eigenvalue weighted by Gasteiger charge is -2.28. The molecule has 2 heterocycles. The fourth-order valence-corrected chi connectivity index (χ4v) is 3.82. The summed E-state index contributed by atoms with van der Waals surface area (Å²) in [5, 5.41) is 0.00787. The van der Waals surface area contributed by atoms with Gasteiger partial charge in [0.15, 0.2) is 10.8 Å². The highest BCUT2D eigenvalue weighted by atomic mass is 32.2. The number of aryl methyl sites for hydroxylation is 1. The molecule has 1 aromatic heterocycles. The summed E-state index contributed by atoms with van der Waals surface area (Å²) in [6.45, 7) is 2.71. The number of carbonyl (C=O) groups excluding carboxylic acids is 1. The highest BCUT2D eigenvalue weighted by Crippen LogP contribution is 2.31. The van der Waals surface area contributed by atoms with E-state index in [1.165, 1.54) is 16.8 Å². The van der Waals surface area contributed by atoms with Gasteiger partial charge in [-0.25, -0.2) is 4.98 Å². The molecule has 0 spiro atoms. The van der Waals surface area contributed by atoms with Gasteiger partial charge < -0.3 is 4.57 Å². The van der Waals surface area contributed by atoms with Crippen molar-refractivity contribution in [3.05, 3.63) is 42.4 Å². The van der Waals surface area contributed by atoms with Crippen LogP contribution in [-0.2, 0) is 16.6 Å². The molecule has 0 bridgehead atoms. The predicted molar refractivity (Wildman–Crippen MR) is 77.8 cm³/mol. The Balaban J connectivity index is 2.08. The minimum atomic E-state index is -3.74. The van der Waals surface area contributed by atoms with Gasteiger partial charge in [0, 0.05) is 31.3 Å². The monoisotopic (exact) mass is 305 g/mol. The topological polar surface area (TPSA) is 72.3 Å². The summed E-state index contributed by atoms with van der Waals surface area (Å²) in [6.07, 6.45) is 3.19. The molecule has 1 aliphatic heterocycles. The second-order valence-corrected chi connectivity index (χ2v) is 6.62. The van der Waals surface area contributed by atoms with Gasteiger partial charge >= 0.3 is 0 Å². The first-order chi connectivity index (χ1) is 10.0. The van der Waals surface area contributed by atoms with Crippen LogP contribution in [0, 0.1) is 0 Å². The first-order valence-corrected chi connectivity index (χ1v) is 8.15. The van der Waals surface area contributed by atoms with Gasteiger partial charge in [0.1, 0.15) is 0 Å². The van der Waals surface area contributed by atoms with E-state index in [2.05, 4.69) is 4.98 Å². The Morgan fingerprint density at radius 1 is 1.29 bits per heavy atom. The summed E-state index contributed by atoms with van der Waals surface area (Å²) in [7, 11) is -3.74. The Morgan fingerprint density at radius 2 is 2.05 bits per heavy atom. The van der Waals surface area contributed by atoms with E-state index in [1.807, 2.05) is 6.92 Å². The second-order valence-electron chi connectivity index (χ2n) is 4.81. The number of aromatic nitrogens is 2. The van der Waals surface area contributed by atoms with Gasteiger partial charge in [-0.1, -0.05) is 12.1 Å². The number of fused-ring (bicyclic) bond motifs is 1. The van der Waals surface area contributed by atoms with Gasteiger partial charge in [0.05, 0.1) is 12.0 Å². The first kappa shape index (κ1) is 13.8. The van der Waals surface area contributed by atoms with Crippen molar-refractivity contribution in [2.24, 2.45) is 0 Å². The van der Waals surface area contributed by atoms with Gasteiger partial charge in [0.2, 0.25) is 0 Å². The number of benzene rings is 1. The summed E-state index contributed by atoms with van der Waals surface area (Å²) >= 11 is 0. The van der Waals surface area contributed by atoms with E-state index in [0.717, 1.165) is 0 Å². The third kappa shape index (κ3) is 2.23. The molecule has 1 aliphatic rings. The second kappa shape index (κ2) is 5.00. The highest BCUT2D eigenvalue weighted by molar-refractivity contribution is 7.92. The fraction of sp³-hybridized carbons (Fsp3) is 0.286. The Kier molecular flexibility index (Phi) is 3.29. The number of para-hydroxylation sites is 1. The largest absolute Gasteiger partial charge is 0.336 e. The van der Waals surface area contributed by atoms with Crippen LogP contribution in [0.25, 0.3) is 0 Å². The van der Waals surface area contributed by atoms with Gasteiger partial charge in [-0.15, -0.1) is 0 Å². The quantitative estimate of drug-likeness (QED) is 0.865. The average molecular weight is 305 g/mol. The van der Waals surface area contributed by atoms with E-state index in [4.69, 9.17) is 0 Å². The first-order valence-electron chi connectivity index (χ1n) is 6.71. The van der Waals surface area contributed by atoms with Crippen molar-refractivity contribution in [3.8, 4) is 0 Å². The van der Waals surface area contributed by atoms with Crippen LogP contribution in [-0.4, -0.2) is 30.3 Å². The summed E-state index contributed by atoms with van der Waals surface area (Å²) in [6, 6.07) is 6.77. The number of carbonyl (C=O) groups is 1. The highest BCUT2D eigenvalue weighted by Gasteiger charge is 2.33. The zero-order valence-electron chi connectivity index (χ0n) is 11.6. The number of rotatable bonds is 3. The number of hydrogen-bond acceptors (Lipinski definition) is 4. The van der Waals surface area contributed by atoms with Gasteiger partial charge in [-0.2, -0.15) is 8.42 Å². The molecule has 110 valence electrons. The minimum absolute atomic E-state index is 0.00787. The molecule has 0 saturated heterocycles. The summed E-state index contributed by atoms with van der Waals surface area (Å²) in [4.78, 5) is 15.9. The summed E-state index contributed by atoms with van der Waals surface area (Å²) in [5.74, 6) is -0.0314. The number of ketones is 1. The van der Waals surface area contributed by atoms with Gasteiger partial charge in [0.25, 0.3) is 10.0 Å². The molecule has 6 nitrogen and oxygen atoms in total. The number of imidazole rings is 1. The molecule has 21 heavy (non-hydrogen) atoms. The van der Waals surface area contributed by atoms with Crippen LogP contribution in [0.5, 0.6) is 0 Å². The van der Waals surface area contributed by atoms with Crippen molar-refractivity contribution in [1.82, 2.24) is 9.55 Å². The average Bonchev–Trinajstić information content (AvgIpc) is 2.97. The van der Waals surface area contributed by atoms with Crippen LogP contribution in [0.2, 0.25) is 0 Å². The van der Waals surface area contributed by atoms with Crippen molar-refractivity contribution in [2.75, 3.05) is 10.8 Å². The summed E-state index contributed by atoms with van der Waals surface area (Å²) < 4.78 is 28.4. The van der Waals surface area contributed by atoms with Crippen molar-refractivity contribution >= 4 is 21.5 Å². The number of anilines is 1. The van der Waals surface area contributed by atoms with Crippen LogP contribution in [0.4, 0.5) is 5.69 Å². The standard InChI is InChI=1S/C14H15N3O3S/c1-2-16-9-14(15-10-16)21(19,20)17-8-7-13(18)11-5-3-4-6-12(11)17/h3-6,9-10H,2,7-8H2,1H3. The summed E-state index contributed by atoms with van der Waals surface area (Å²) in [5.41, 5.74) is 0.877. The number of sulfonamides is 1. The van der Waals surface area contributed by atoms with E-state index < -0.39 is 10.0 Å². The molecule has 3 rings (SSSR count). The van der Waals surface area contributed by atoms with Gasteiger partial charge in [-0.05, 0) is 19.1 Å². The third-order valence-electron chi connectivity index (χ3n) is 3.54. The van der Waals surface area contributed by atoms with E-state index in [9.17, 15) is 13.2 Å². The maximum atomic E-state index is 12.7. The Morgan fingerprint density at radius 3 is 2.76 bits per heavy atom. The van der Waals surface area contributed by atoms with Crippen LogP contribution in [0.15, 0.2) is 41.8 Å². The molecule has 2 aromatic rings. The predicted octanol–water partition coefficient (Wildman–Crippen LogP) is 1.68. The molecule has 0 saturated carbocycles. The van der Waals surface area contributed by atoms with Crippen molar-refractivity contribution in [1.29, 1.82) is 0 Å². The molecule has 0 amide bonds. The SMILES string of the molecule is CCn1cnc(S(=O)(=O)N2CCC(=O)c3ccccc32)c1. The lowest BCUT2D eigenvalue weighted by atomic mass is 10.0. The number of hydrogen-bond donors (Lipinski definition) is 0. The number of nitrogens with zero attached hydrogens (tertiary/aromatic N) is 3. The smallest absolute Gasteiger partial charge is 0.283 e. The van der Waals surface area contributed by atoms with Gasteiger partial charge in [-0.3, -0.25) is 9.10 Å². The molecule has 0 radical (unpaired) electrons. The van der Waals surface area contributed by atoms with Crippen molar-refractivity contribution in [2.45, 2.75) is 24.9 Å². The third-order valence-corrected chi connectivity index (χ3v) is 5.24. The zero-order valence-corrected chi connectivity index (χ0v) is 12.4. The van der Waals surface area contributed by atoms with Crippen LogP contribution >= 0.6 is 0 Å². The minimum Gasteiger partial charge on any atom is -0.336 e. The maximum Gasteiger partial charge on any atom is 0.283 e. The molecule has 0 aliphatic carbocycles. The molecule has 0 fully saturated rings. The van der Waals surface area contributed by atoms with E-state index >= 15 is 0 Å². The molecule has 7 heteroatoms. The Labute approximate surface area is 123 Å². The Hall–Kier alpha value is -2.15. The molecular formula is C14H15N3O3S. The van der Waals surface area contributed by atoms with Crippen molar-refractivity contribution < 1.29 is 13.2 Å². The van der Waals surface area contributed by atoms with Crippen LogP contribution < -0.4 is 4.31 Å². The van der Waals surface area contributed by atoms with Crippen LogP contribution in [0.1, 0.15) is 23.7 Å². The molecule has 0 atom stereocenters. The fourth-order valence-electron chi connectivity index (χ4n) is 2.39. The lowest BCUT2D eigenvalue weighted by Crippen LogP contribution is -2.37. The van der Waals surface area contributed by atoms with E-state index in [0.29, 0.717) is 17.8 Å². The molecule has 1 aromatic carbocycles. The van der Waals surface area contributed by atoms with Crippen molar-refractivity contribution in [3.63, 3.8) is 0 Å². The van der Waals surface area contributed by atoms with Crippen LogP contribution in [0.3, 0.4) is 0 Å². The molecular weight excluding hydrogens is 290 g/mol. The lowest BCUT2D eigenvalue weighted by molar-refractivity contribution is 0.0982.